The van der Waals surface area contributed by atoms with Gasteiger partial charge in [-0.3, -0.25) is 9.59 Å². The zero-order chi connectivity index (χ0) is 29.6. The van der Waals surface area contributed by atoms with Gasteiger partial charge in [-0.2, -0.15) is 0 Å². The molecule has 0 saturated carbocycles. The van der Waals surface area contributed by atoms with Crippen molar-refractivity contribution in [2.75, 3.05) is 42.1 Å². The molecule has 2 amide bonds. The van der Waals surface area contributed by atoms with Crippen LogP contribution in [0, 0.1) is 0 Å². The summed E-state index contributed by atoms with van der Waals surface area (Å²) in [6.45, 7) is 2.73. The topological polar surface area (TPSA) is 78.7 Å². The van der Waals surface area contributed by atoms with Gasteiger partial charge in [0, 0.05) is 59.3 Å². The van der Waals surface area contributed by atoms with Gasteiger partial charge in [0.15, 0.2) is 5.76 Å². The Morgan fingerprint density at radius 2 is 1.42 bits per heavy atom. The van der Waals surface area contributed by atoms with Crippen LogP contribution in [0.15, 0.2) is 119 Å². The van der Waals surface area contributed by atoms with E-state index in [2.05, 4.69) is 10.2 Å². The fourth-order valence-electron chi connectivity index (χ4n) is 4.96. The van der Waals surface area contributed by atoms with Crippen molar-refractivity contribution in [3.8, 4) is 22.6 Å². The van der Waals surface area contributed by atoms with Crippen LogP contribution >= 0.6 is 23.4 Å². The molecule has 9 heteroatoms. The van der Waals surface area contributed by atoms with Crippen LogP contribution < -0.4 is 10.2 Å². The largest absolute Gasteiger partial charge is 0.431 e. The fraction of sp³-hybridized carbons (Fsp3) is 0.147. The molecule has 216 valence electrons. The zero-order valence-corrected chi connectivity index (χ0v) is 24.9. The Hall–Kier alpha value is -4.53. The molecule has 6 rings (SSSR count). The van der Waals surface area contributed by atoms with Gasteiger partial charge in [0.1, 0.15) is 5.69 Å². The molecule has 1 aliphatic rings. The van der Waals surface area contributed by atoms with E-state index >= 15 is 0 Å². The normalized spacial score (nSPS) is 13.1. The molecular weight excluding hydrogens is 580 g/mol. The lowest BCUT2D eigenvalue weighted by molar-refractivity contribution is -0.113. The number of hydrogen-bond acceptors (Lipinski definition) is 6. The Balaban J connectivity index is 1.03. The highest BCUT2D eigenvalue weighted by Gasteiger charge is 2.23. The first-order valence-electron chi connectivity index (χ1n) is 14.0. The number of rotatable bonds is 8. The van der Waals surface area contributed by atoms with Crippen LogP contribution in [0.1, 0.15) is 10.4 Å². The van der Waals surface area contributed by atoms with Crippen LogP contribution in [0.4, 0.5) is 11.4 Å². The number of oxazole rings is 1. The number of carbonyl (C=O) groups excluding carboxylic acids is 2. The lowest BCUT2D eigenvalue weighted by Gasteiger charge is -2.36. The monoisotopic (exact) mass is 608 g/mol. The van der Waals surface area contributed by atoms with Gasteiger partial charge in [0.05, 0.1) is 5.75 Å². The van der Waals surface area contributed by atoms with Crippen molar-refractivity contribution in [1.29, 1.82) is 0 Å². The number of nitrogens with zero attached hydrogens (tertiary/aromatic N) is 3. The second kappa shape index (κ2) is 13.2. The van der Waals surface area contributed by atoms with E-state index in [0.717, 1.165) is 35.6 Å². The van der Waals surface area contributed by atoms with E-state index in [-0.39, 0.29) is 17.6 Å². The first-order chi connectivity index (χ1) is 21.0. The van der Waals surface area contributed by atoms with E-state index in [0.29, 0.717) is 40.3 Å². The van der Waals surface area contributed by atoms with Crippen molar-refractivity contribution in [3.63, 3.8) is 0 Å². The summed E-state index contributed by atoms with van der Waals surface area (Å²) >= 11 is 7.21. The second-order valence-corrected chi connectivity index (χ2v) is 11.4. The quantitative estimate of drug-likeness (QED) is 0.186. The first-order valence-corrected chi connectivity index (χ1v) is 15.3. The van der Waals surface area contributed by atoms with Gasteiger partial charge in [-0.25, -0.2) is 4.98 Å². The third kappa shape index (κ3) is 6.93. The van der Waals surface area contributed by atoms with Crippen LogP contribution in [-0.4, -0.2) is 53.6 Å². The van der Waals surface area contributed by atoms with Gasteiger partial charge in [-0.05, 0) is 48.5 Å². The summed E-state index contributed by atoms with van der Waals surface area (Å²) in [5.41, 5.74) is 5.05. The Labute approximate surface area is 259 Å². The maximum absolute atomic E-state index is 12.8. The zero-order valence-electron chi connectivity index (χ0n) is 23.3. The molecule has 2 heterocycles. The van der Waals surface area contributed by atoms with E-state index in [4.69, 9.17) is 21.0 Å². The second-order valence-electron chi connectivity index (χ2n) is 10.1. The molecule has 43 heavy (non-hydrogen) atoms. The van der Waals surface area contributed by atoms with Crippen LogP contribution in [0.2, 0.25) is 5.02 Å². The number of hydrogen-bond donors (Lipinski definition) is 1. The minimum absolute atomic E-state index is 0.0181. The van der Waals surface area contributed by atoms with Gasteiger partial charge < -0.3 is 19.5 Å². The molecule has 1 N–H and O–H groups in total. The van der Waals surface area contributed by atoms with Crippen molar-refractivity contribution in [2.45, 2.75) is 5.22 Å². The summed E-state index contributed by atoms with van der Waals surface area (Å²) in [6.07, 6.45) is 0. The average molecular weight is 609 g/mol. The van der Waals surface area contributed by atoms with E-state index < -0.39 is 0 Å². The van der Waals surface area contributed by atoms with Crippen molar-refractivity contribution < 1.29 is 14.0 Å². The molecule has 0 atom stereocenters. The number of nitrogens with one attached hydrogen (secondary N) is 1. The summed E-state index contributed by atoms with van der Waals surface area (Å²) in [7, 11) is 0. The van der Waals surface area contributed by atoms with Gasteiger partial charge in [-0.1, -0.05) is 84.0 Å². The van der Waals surface area contributed by atoms with Gasteiger partial charge >= 0.3 is 0 Å². The SMILES string of the molecule is O=C(CSc1nc(-c2ccccc2)c(-c2ccccc2)o1)Nc1ccc(N2CCN(C(=O)c3ccc(Cl)cc3)CC2)cc1. The number of thioether (sulfide) groups is 1. The Bertz CT molecular complexity index is 1630. The highest BCUT2D eigenvalue weighted by atomic mass is 35.5. The molecular formula is C34H29ClN4O3S. The number of benzene rings is 4. The Kier molecular flexibility index (Phi) is 8.77. The van der Waals surface area contributed by atoms with Crippen LogP contribution in [0.25, 0.3) is 22.6 Å². The van der Waals surface area contributed by atoms with Gasteiger partial charge in [0.25, 0.3) is 11.1 Å². The summed E-state index contributed by atoms with van der Waals surface area (Å²) in [6, 6.07) is 34.5. The number of piperazine rings is 1. The summed E-state index contributed by atoms with van der Waals surface area (Å²) in [5.74, 6) is 0.715. The molecule has 0 unspecified atom stereocenters. The molecule has 1 saturated heterocycles. The van der Waals surface area contributed by atoms with E-state index in [1.165, 1.54) is 11.8 Å². The minimum atomic E-state index is -0.146. The van der Waals surface area contributed by atoms with Gasteiger partial charge in [0.2, 0.25) is 5.91 Å². The molecule has 0 bridgehead atoms. The fourth-order valence-corrected chi connectivity index (χ4v) is 5.71. The standard InChI is InChI=1S/C34H29ClN4O3S/c35-27-13-11-26(12-14-27)33(41)39-21-19-38(20-22-39)29-17-15-28(16-18-29)36-30(40)23-43-34-37-31(24-7-3-1-4-8-24)32(42-34)25-9-5-2-6-10-25/h1-18H,19-23H2,(H,36,40). The summed E-state index contributed by atoms with van der Waals surface area (Å²) in [4.78, 5) is 34.4. The maximum Gasteiger partial charge on any atom is 0.257 e. The van der Waals surface area contributed by atoms with Crippen LogP contribution in [-0.2, 0) is 4.79 Å². The van der Waals surface area contributed by atoms with Crippen molar-refractivity contribution >= 4 is 46.6 Å². The smallest absolute Gasteiger partial charge is 0.257 e. The summed E-state index contributed by atoms with van der Waals surface area (Å²) in [5, 5.41) is 4.02. The van der Waals surface area contributed by atoms with E-state index in [1.807, 2.05) is 89.8 Å². The van der Waals surface area contributed by atoms with Crippen LogP contribution in [0.3, 0.4) is 0 Å². The molecule has 0 radical (unpaired) electrons. The highest BCUT2D eigenvalue weighted by molar-refractivity contribution is 7.99. The summed E-state index contributed by atoms with van der Waals surface area (Å²) < 4.78 is 6.13. The van der Waals surface area contributed by atoms with Crippen molar-refractivity contribution in [1.82, 2.24) is 9.88 Å². The third-order valence-electron chi connectivity index (χ3n) is 7.19. The number of amides is 2. The van der Waals surface area contributed by atoms with Crippen molar-refractivity contribution in [3.05, 3.63) is 120 Å². The lowest BCUT2D eigenvalue weighted by atomic mass is 10.1. The highest BCUT2D eigenvalue weighted by Crippen LogP contribution is 2.35. The molecule has 1 aliphatic heterocycles. The third-order valence-corrected chi connectivity index (χ3v) is 8.27. The molecule has 7 nitrogen and oxygen atoms in total. The number of carbonyl (C=O) groups is 2. The predicted molar refractivity (Wildman–Crippen MR) is 173 cm³/mol. The predicted octanol–water partition coefficient (Wildman–Crippen LogP) is 7.36. The van der Waals surface area contributed by atoms with E-state index in [9.17, 15) is 9.59 Å². The molecule has 5 aromatic rings. The molecule has 4 aromatic carbocycles. The number of halogens is 1. The van der Waals surface area contributed by atoms with Crippen molar-refractivity contribution in [2.24, 2.45) is 0 Å². The maximum atomic E-state index is 12.8. The average Bonchev–Trinajstić information content (AvgIpc) is 3.50. The number of anilines is 2. The van der Waals surface area contributed by atoms with E-state index in [1.54, 1.807) is 24.3 Å². The minimum Gasteiger partial charge on any atom is -0.431 e. The first kappa shape index (κ1) is 28.6. The van der Waals surface area contributed by atoms with Crippen LogP contribution in [0.5, 0.6) is 0 Å². The molecule has 0 aliphatic carbocycles. The number of aromatic nitrogens is 1. The Morgan fingerprint density at radius 1 is 0.791 bits per heavy atom. The Morgan fingerprint density at radius 3 is 2.07 bits per heavy atom. The molecule has 0 spiro atoms. The van der Waals surface area contributed by atoms with Gasteiger partial charge in [-0.15, -0.1) is 0 Å². The molecule has 1 fully saturated rings. The molecule has 1 aromatic heterocycles. The lowest BCUT2D eigenvalue weighted by Crippen LogP contribution is -2.48.